The van der Waals surface area contributed by atoms with E-state index in [0.717, 1.165) is 25.3 Å². The van der Waals surface area contributed by atoms with E-state index in [-0.39, 0.29) is 17.2 Å². The second-order valence-corrected chi connectivity index (χ2v) is 8.44. The fourth-order valence-electron chi connectivity index (χ4n) is 4.00. The van der Waals surface area contributed by atoms with Crippen LogP contribution in [-0.4, -0.2) is 42.8 Å². The van der Waals surface area contributed by atoms with Crippen molar-refractivity contribution in [2.75, 3.05) is 26.7 Å². The molecule has 1 saturated heterocycles. The standard InChI is InChI=1S/C22H26N2O2S/c1-26-18-9-6-8-16(13-18)19(24-11-4-5-12-24)15-23-22(25)21-14-17-7-2-3-10-20(17)27-21/h2-3,6-10,13,19,21H,4-5,11-12,14-15H2,1H3,(H,23,25)/t19-,21+/m0/s1. The fourth-order valence-corrected chi connectivity index (χ4v) is 5.22. The number of amides is 1. The molecule has 0 aromatic heterocycles. The van der Waals surface area contributed by atoms with Gasteiger partial charge < -0.3 is 10.1 Å². The lowest BCUT2D eigenvalue weighted by Crippen LogP contribution is -2.40. The average Bonchev–Trinajstić information content (AvgIpc) is 3.38. The number of ether oxygens (including phenoxy) is 1. The molecule has 1 fully saturated rings. The van der Waals surface area contributed by atoms with Crippen molar-refractivity contribution < 1.29 is 9.53 Å². The van der Waals surface area contributed by atoms with E-state index in [1.807, 2.05) is 24.3 Å². The first-order valence-corrected chi connectivity index (χ1v) is 10.5. The summed E-state index contributed by atoms with van der Waals surface area (Å²) in [6, 6.07) is 16.7. The van der Waals surface area contributed by atoms with Gasteiger partial charge in [-0.05, 0) is 61.7 Å². The Morgan fingerprint density at radius 2 is 2.04 bits per heavy atom. The Labute approximate surface area is 165 Å². The molecule has 1 amide bonds. The molecule has 0 radical (unpaired) electrons. The van der Waals surface area contributed by atoms with Gasteiger partial charge in [-0.1, -0.05) is 30.3 Å². The van der Waals surface area contributed by atoms with Crippen molar-refractivity contribution in [3.8, 4) is 5.75 Å². The van der Waals surface area contributed by atoms with Crippen LogP contribution in [0.25, 0.3) is 0 Å². The quantitative estimate of drug-likeness (QED) is 0.828. The van der Waals surface area contributed by atoms with Crippen LogP contribution < -0.4 is 10.1 Å². The van der Waals surface area contributed by atoms with Gasteiger partial charge in [-0.15, -0.1) is 11.8 Å². The summed E-state index contributed by atoms with van der Waals surface area (Å²) in [7, 11) is 1.70. The van der Waals surface area contributed by atoms with Crippen LogP contribution in [-0.2, 0) is 11.2 Å². The zero-order valence-electron chi connectivity index (χ0n) is 15.7. The van der Waals surface area contributed by atoms with E-state index in [1.165, 1.54) is 28.9 Å². The third-order valence-electron chi connectivity index (χ3n) is 5.47. The van der Waals surface area contributed by atoms with Gasteiger partial charge in [0.05, 0.1) is 18.4 Å². The van der Waals surface area contributed by atoms with Crippen LogP contribution in [0.1, 0.15) is 30.0 Å². The van der Waals surface area contributed by atoms with Gasteiger partial charge in [0, 0.05) is 11.4 Å². The second kappa shape index (κ2) is 8.36. The molecular weight excluding hydrogens is 356 g/mol. The molecule has 2 heterocycles. The first-order valence-electron chi connectivity index (χ1n) is 9.65. The van der Waals surface area contributed by atoms with Gasteiger partial charge in [-0.2, -0.15) is 0 Å². The highest BCUT2D eigenvalue weighted by molar-refractivity contribution is 8.01. The second-order valence-electron chi connectivity index (χ2n) is 7.20. The van der Waals surface area contributed by atoms with Crippen LogP contribution in [0, 0.1) is 0 Å². The lowest BCUT2D eigenvalue weighted by atomic mass is 10.0. The summed E-state index contributed by atoms with van der Waals surface area (Å²) < 4.78 is 5.40. The predicted molar refractivity (Wildman–Crippen MR) is 109 cm³/mol. The molecule has 27 heavy (non-hydrogen) atoms. The largest absolute Gasteiger partial charge is 0.497 e. The summed E-state index contributed by atoms with van der Waals surface area (Å²) in [6.45, 7) is 2.81. The number of fused-ring (bicyclic) bond motifs is 1. The molecule has 5 heteroatoms. The van der Waals surface area contributed by atoms with Gasteiger partial charge in [-0.25, -0.2) is 0 Å². The highest BCUT2D eigenvalue weighted by Gasteiger charge is 2.30. The lowest BCUT2D eigenvalue weighted by Gasteiger charge is -2.29. The Hall–Kier alpha value is -1.98. The zero-order chi connectivity index (χ0) is 18.6. The van der Waals surface area contributed by atoms with Gasteiger partial charge >= 0.3 is 0 Å². The minimum Gasteiger partial charge on any atom is -0.497 e. The number of carbonyl (C=O) groups excluding carboxylic acids is 1. The summed E-state index contributed by atoms with van der Waals surface area (Å²) in [4.78, 5) is 16.5. The number of hydrogen-bond acceptors (Lipinski definition) is 4. The van der Waals surface area contributed by atoms with Gasteiger partial charge in [0.15, 0.2) is 0 Å². The van der Waals surface area contributed by atoms with E-state index in [1.54, 1.807) is 18.9 Å². The molecule has 2 aliphatic heterocycles. The van der Waals surface area contributed by atoms with E-state index >= 15 is 0 Å². The Kier molecular flexibility index (Phi) is 5.69. The summed E-state index contributed by atoms with van der Waals surface area (Å²) >= 11 is 1.68. The maximum atomic E-state index is 12.8. The molecule has 2 aliphatic rings. The minimum absolute atomic E-state index is 0.0214. The number of rotatable bonds is 6. The summed E-state index contributed by atoms with van der Waals surface area (Å²) in [6.07, 6.45) is 3.27. The molecule has 4 nitrogen and oxygen atoms in total. The molecule has 2 aromatic carbocycles. The molecule has 0 spiro atoms. The highest BCUT2D eigenvalue weighted by Crippen LogP contribution is 2.37. The SMILES string of the molecule is COc1cccc([C@H](CNC(=O)[C@H]2Cc3ccccc3S2)N2CCCC2)c1. The number of nitrogens with one attached hydrogen (secondary N) is 1. The first-order chi connectivity index (χ1) is 13.2. The van der Waals surface area contributed by atoms with E-state index in [2.05, 4.69) is 34.5 Å². The van der Waals surface area contributed by atoms with Gasteiger partial charge in [0.1, 0.15) is 5.75 Å². The number of nitrogens with zero attached hydrogens (tertiary/aromatic N) is 1. The van der Waals surface area contributed by atoms with Crippen molar-refractivity contribution in [3.05, 3.63) is 59.7 Å². The molecule has 4 rings (SSSR count). The summed E-state index contributed by atoms with van der Waals surface area (Å²) in [5.74, 6) is 1.01. The van der Waals surface area contributed by atoms with Crippen LogP contribution in [0.15, 0.2) is 53.4 Å². The molecule has 142 valence electrons. The smallest absolute Gasteiger partial charge is 0.233 e. The minimum atomic E-state index is -0.0214. The normalized spacial score (nSPS) is 20.3. The number of benzene rings is 2. The van der Waals surface area contributed by atoms with E-state index in [0.29, 0.717) is 6.54 Å². The van der Waals surface area contributed by atoms with Crippen LogP contribution >= 0.6 is 11.8 Å². The number of hydrogen-bond donors (Lipinski definition) is 1. The molecule has 0 saturated carbocycles. The highest BCUT2D eigenvalue weighted by atomic mass is 32.2. The number of likely N-dealkylation sites (tertiary alicyclic amines) is 1. The van der Waals surface area contributed by atoms with Crippen molar-refractivity contribution in [3.63, 3.8) is 0 Å². The molecule has 2 aromatic rings. The molecule has 1 N–H and O–H groups in total. The van der Waals surface area contributed by atoms with E-state index < -0.39 is 0 Å². The van der Waals surface area contributed by atoms with Crippen LogP contribution in [0.3, 0.4) is 0 Å². The third-order valence-corrected chi connectivity index (χ3v) is 6.79. The van der Waals surface area contributed by atoms with Crippen molar-refractivity contribution in [1.29, 1.82) is 0 Å². The van der Waals surface area contributed by atoms with Crippen molar-refractivity contribution in [2.24, 2.45) is 0 Å². The average molecular weight is 383 g/mol. The number of carbonyl (C=O) groups is 1. The summed E-state index contributed by atoms with van der Waals surface area (Å²) in [5.41, 5.74) is 2.49. The van der Waals surface area contributed by atoms with Crippen LogP contribution in [0.5, 0.6) is 5.75 Å². The monoisotopic (exact) mass is 382 g/mol. The van der Waals surface area contributed by atoms with Gasteiger partial charge in [0.2, 0.25) is 5.91 Å². The topological polar surface area (TPSA) is 41.6 Å². The maximum absolute atomic E-state index is 12.8. The first kappa shape index (κ1) is 18.4. The van der Waals surface area contributed by atoms with Crippen LogP contribution in [0.2, 0.25) is 0 Å². The number of thioether (sulfide) groups is 1. The molecule has 0 aliphatic carbocycles. The lowest BCUT2D eigenvalue weighted by molar-refractivity contribution is -0.120. The van der Waals surface area contributed by atoms with Crippen molar-refractivity contribution in [1.82, 2.24) is 10.2 Å². The van der Waals surface area contributed by atoms with E-state index in [4.69, 9.17) is 4.74 Å². The molecule has 0 unspecified atom stereocenters. The number of methoxy groups -OCH3 is 1. The Bertz CT molecular complexity index is 779. The van der Waals surface area contributed by atoms with Gasteiger partial charge in [0.25, 0.3) is 0 Å². The Balaban J connectivity index is 1.43. The zero-order valence-corrected chi connectivity index (χ0v) is 16.5. The maximum Gasteiger partial charge on any atom is 0.233 e. The Morgan fingerprint density at radius 3 is 2.81 bits per heavy atom. The Morgan fingerprint density at radius 1 is 1.22 bits per heavy atom. The summed E-state index contributed by atoms with van der Waals surface area (Å²) in [5, 5.41) is 3.21. The molecule has 2 atom stereocenters. The predicted octanol–water partition coefficient (Wildman–Crippen LogP) is 3.67. The molecule has 0 bridgehead atoms. The van der Waals surface area contributed by atoms with Crippen LogP contribution in [0.4, 0.5) is 0 Å². The molecular formula is C22H26N2O2S. The van der Waals surface area contributed by atoms with E-state index in [9.17, 15) is 4.79 Å². The van der Waals surface area contributed by atoms with Crippen molar-refractivity contribution in [2.45, 2.75) is 35.4 Å². The van der Waals surface area contributed by atoms with Gasteiger partial charge in [-0.3, -0.25) is 9.69 Å². The fraction of sp³-hybridized carbons (Fsp3) is 0.409. The third kappa shape index (κ3) is 4.14. The van der Waals surface area contributed by atoms with Crippen molar-refractivity contribution >= 4 is 17.7 Å².